The first-order valence-electron chi connectivity index (χ1n) is 4.66. The number of aliphatic hydroxyl groups is 1. The van der Waals surface area contributed by atoms with E-state index in [-0.39, 0.29) is 12.3 Å². The van der Waals surface area contributed by atoms with Gasteiger partial charge in [-0.15, -0.1) is 0 Å². The van der Waals surface area contributed by atoms with E-state index in [4.69, 9.17) is 9.84 Å². The molecule has 0 spiro atoms. The fourth-order valence-electron chi connectivity index (χ4n) is 1.18. The fourth-order valence-corrected chi connectivity index (χ4v) is 1.18. The van der Waals surface area contributed by atoms with Crippen molar-refractivity contribution in [2.45, 2.75) is 6.42 Å². The Balaban J connectivity index is 2.47. The second kappa shape index (κ2) is 6.10. The first kappa shape index (κ1) is 11.6. The summed E-state index contributed by atoms with van der Waals surface area (Å²) < 4.78 is 5.07. The molecule has 82 valence electrons. The highest BCUT2D eigenvalue weighted by Crippen LogP contribution is 2.13. The second-order valence-corrected chi connectivity index (χ2v) is 3.01. The largest absolute Gasteiger partial charge is 0.394 e. The summed E-state index contributed by atoms with van der Waals surface area (Å²) in [5.74, 6) is 0. The predicted octanol–water partition coefficient (Wildman–Crippen LogP) is 1.15. The molecule has 5 nitrogen and oxygen atoms in total. The lowest BCUT2D eigenvalue weighted by Crippen LogP contribution is -2.03. The standard InChI is InChI=1S/C10H13NO4/c12-5-7-15-6-4-9-2-1-3-10(8-9)11(13)14/h1-3,8,12H,4-7H2. The summed E-state index contributed by atoms with van der Waals surface area (Å²) in [5.41, 5.74) is 0.955. The summed E-state index contributed by atoms with van der Waals surface area (Å²) in [6.45, 7) is 0.756. The predicted molar refractivity (Wildman–Crippen MR) is 54.7 cm³/mol. The molecule has 0 heterocycles. The molecule has 0 amide bonds. The van der Waals surface area contributed by atoms with Crippen molar-refractivity contribution < 1.29 is 14.8 Å². The maximum atomic E-state index is 10.5. The summed E-state index contributed by atoms with van der Waals surface area (Å²) in [4.78, 5) is 10.1. The molecule has 15 heavy (non-hydrogen) atoms. The van der Waals surface area contributed by atoms with Gasteiger partial charge in [0.2, 0.25) is 0 Å². The van der Waals surface area contributed by atoms with Crippen LogP contribution in [0.4, 0.5) is 5.69 Å². The highest BCUT2D eigenvalue weighted by molar-refractivity contribution is 5.34. The molecule has 0 saturated heterocycles. The van der Waals surface area contributed by atoms with Crippen molar-refractivity contribution in [3.8, 4) is 0 Å². The van der Waals surface area contributed by atoms with E-state index in [1.54, 1.807) is 6.07 Å². The second-order valence-electron chi connectivity index (χ2n) is 3.01. The average Bonchev–Trinajstić information content (AvgIpc) is 2.25. The Kier molecular flexibility index (Phi) is 4.73. The van der Waals surface area contributed by atoms with Crippen LogP contribution in [-0.2, 0) is 11.2 Å². The Hall–Kier alpha value is -1.46. The Morgan fingerprint density at radius 1 is 1.40 bits per heavy atom. The number of nitrogens with zero attached hydrogens (tertiary/aromatic N) is 1. The van der Waals surface area contributed by atoms with E-state index in [2.05, 4.69) is 0 Å². The van der Waals surface area contributed by atoms with Gasteiger partial charge in [0.05, 0.1) is 24.7 Å². The van der Waals surface area contributed by atoms with E-state index < -0.39 is 4.92 Å². The zero-order chi connectivity index (χ0) is 11.1. The topological polar surface area (TPSA) is 72.6 Å². The molecule has 0 saturated carbocycles. The number of hydrogen-bond donors (Lipinski definition) is 1. The van der Waals surface area contributed by atoms with Crippen LogP contribution in [0.2, 0.25) is 0 Å². The zero-order valence-electron chi connectivity index (χ0n) is 8.26. The van der Waals surface area contributed by atoms with Crippen LogP contribution in [0.1, 0.15) is 5.56 Å². The van der Waals surface area contributed by atoms with Crippen molar-refractivity contribution in [2.75, 3.05) is 19.8 Å². The van der Waals surface area contributed by atoms with Crippen molar-refractivity contribution in [1.29, 1.82) is 0 Å². The molecule has 0 unspecified atom stereocenters. The van der Waals surface area contributed by atoms with Crippen LogP contribution in [-0.4, -0.2) is 29.9 Å². The smallest absolute Gasteiger partial charge is 0.269 e. The molecular weight excluding hydrogens is 198 g/mol. The summed E-state index contributed by atoms with van der Waals surface area (Å²) in [6, 6.07) is 6.45. The van der Waals surface area contributed by atoms with Gasteiger partial charge in [-0.25, -0.2) is 0 Å². The Morgan fingerprint density at radius 2 is 2.20 bits per heavy atom. The molecule has 0 bridgehead atoms. The van der Waals surface area contributed by atoms with Crippen molar-refractivity contribution in [2.24, 2.45) is 0 Å². The van der Waals surface area contributed by atoms with Crippen LogP contribution in [0.25, 0.3) is 0 Å². The van der Waals surface area contributed by atoms with Gasteiger partial charge in [0.1, 0.15) is 0 Å². The summed E-state index contributed by atoms with van der Waals surface area (Å²) in [5, 5.41) is 18.9. The van der Waals surface area contributed by atoms with Gasteiger partial charge in [-0.1, -0.05) is 12.1 Å². The molecule has 1 rings (SSSR count). The molecule has 0 fully saturated rings. The molecule has 0 aromatic heterocycles. The minimum Gasteiger partial charge on any atom is -0.394 e. The van der Waals surface area contributed by atoms with E-state index in [9.17, 15) is 10.1 Å². The van der Waals surface area contributed by atoms with Gasteiger partial charge >= 0.3 is 0 Å². The Morgan fingerprint density at radius 3 is 2.87 bits per heavy atom. The molecule has 0 radical (unpaired) electrons. The van der Waals surface area contributed by atoms with Gasteiger partial charge in [-0.2, -0.15) is 0 Å². The molecule has 0 aliphatic heterocycles. The van der Waals surface area contributed by atoms with E-state index in [0.717, 1.165) is 5.56 Å². The van der Waals surface area contributed by atoms with Crippen LogP contribution < -0.4 is 0 Å². The number of benzene rings is 1. The van der Waals surface area contributed by atoms with Crippen LogP contribution >= 0.6 is 0 Å². The number of rotatable bonds is 6. The minimum absolute atomic E-state index is 0.00502. The summed E-state index contributed by atoms with van der Waals surface area (Å²) in [6.07, 6.45) is 0.613. The van der Waals surface area contributed by atoms with E-state index >= 15 is 0 Å². The van der Waals surface area contributed by atoms with Gasteiger partial charge in [0.25, 0.3) is 5.69 Å². The molecule has 5 heteroatoms. The number of ether oxygens (including phenoxy) is 1. The lowest BCUT2D eigenvalue weighted by molar-refractivity contribution is -0.384. The van der Waals surface area contributed by atoms with Crippen molar-refractivity contribution in [1.82, 2.24) is 0 Å². The van der Waals surface area contributed by atoms with Gasteiger partial charge < -0.3 is 9.84 Å². The van der Waals surface area contributed by atoms with Crippen molar-refractivity contribution >= 4 is 5.69 Å². The highest BCUT2D eigenvalue weighted by Gasteiger charge is 2.04. The number of hydrogen-bond acceptors (Lipinski definition) is 4. The molecule has 0 aliphatic rings. The monoisotopic (exact) mass is 211 g/mol. The van der Waals surface area contributed by atoms with Gasteiger partial charge in [0.15, 0.2) is 0 Å². The molecule has 1 N–H and O–H groups in total. The average molecular weight is 211 g/mol. The first-order chi connectivity index (χ1) is 7.24. The highest BCUT2D eigenvalue weighted by atomic mass is 16.6. The molecular formula is C10H13NO4. The van der Waals surface area contributed by atoms with Crippen LogP contribution in [0, 0.1) is 10.1 Å². The van der Waals surface area contributed by atoms with E-state index in [0.29, 0.717) is 19.6 Å². The summed E-state index contributed by atoms with van der Waals surface area (Å²) >= 11 is 0. The van der Waals surface area contributed by atoms with Crippen LogP contribution in [0.3, 0.4) is 0 Å². The van der Waals surface area contributed by atoms with E-state index in [1.807, 2.05) is 6.07 Å². The maximum Gasteiger partial charge on any atom is 0.269 e. The maximum absolute atomic E-state index is 10.5. The third-order valence-electron chi connectivity index (χ3n) is 1.89. The number of nitro benzene ring substituents is 1. The quantitative estimate of drug-likeness (QED) is 0.435. The van der Waals surface area contributed by atoms with Crippen LogP contribution in [0.15, 0.2) is 24.3 Å². The number of nitro groups is 1. The SMILES string of the molecule is O=[N+]([O-])c1cccc(CCOCCO)c1. The fraction of sp³-hybridized carbons (Fsp3) is 0.400. The van der Waals surface area contributed by atoms with Gasteiger partial charge in [0, 0.05) is 12.1 Å². The lowest BCUT2D eigenvalue weighted by atomic mass is 10.1. The van der Waals surface area contributed by atoms with E-state index in [1.165, 1.54) is 12.1 Å². The molecule has 0 atom stereocenters. The van der Waals surface area contributed by atoms with Gasteiger partial charge in [-0.3, -0.25) is 10.1 Å². The normalized spacial score (nSPS) is 10.2. The number of aliphatic hydroxyl groups excluding tert-OH is 1. The molecule has 0 aliphatic carbocycles. The Bertz CT molecular complexity index is 327. The van der Waals surface area contributed by atoms with Gasteiger partial charge in [-0.05, 0) is 12.0 Å². The molecule has 1 aromatic rings. The zero-order valence-corrected chi connectivity index (χ0v) is 8.26. The minimum atomic E-state index is -0.419. The Labute approximate surface area is 87.5 Å². The third kappa shape index (κ3) is 4.05. The lowest BCUT2D eigenvalue weighted by Gasteiger charge is -2.02. The third-order valence-corrected chi connectivity index (χ3v) is 1.89. The summed E-state index contributed by atoms with van der Waals surface area (Å²) in [7, 11) is 0. The first-order valence-corrected chi connectivity index (χ1v) is 4.66. The van der Waals surface area contributed by atoms with Crippen molar-refractivity contribution in [3.05, 3.63) is 39.9 Å². The molecule has 1 aromatic carbocycles. The van der Waals surface area contributed by atoms with Crippen molar-refractivity contribution in [3.63, 3.8) is 0 Å². The number of non-ortho nitro benzene ring substituents is 1. The van der Waals surface area contributed by atoms with Crippen LogP contribution in [0.5, 0.6) is 0 Å².